The topological polar surface area (TPSA) is 64.1 Å². The van der Waals surface area contributed by atoms with Gasteiger partial charge in [-0.2, -0.15) is 13.2 Å². The number of carbonyl (C=O) groups excluding carboxylic acids is 1. The van der Waals surface area contributed by atoms with E-state index in [1.165, 1.54) is 25.1 Å². The molecule has 0 saturated heterocycles. The van der Waals surface area contributed by atoms with E-state index in [-0.39, 0.29) is 30.3 Å². The SMILES string of the molecule is C[C@@H](CC(=O)Cc1ccc(NC2CC2)nc1)c1ccc(OCC(F)(F)F)cn1. The van der Waals surface area contributed by atoms with Crippen molar-refractivity contribution in [1.82, 2.24) is 9.97 Å². The van der Waals surface area contributed by atoms with Crippen LogP contribution in [-0.2, 0) is 11.2 Å². The maximum absolute atomic E-state index is 12.3. The second-order valence-corrected chi connectivity index (χ2v) is 7.11. The molecule has 2 aromatic heterocycles. The minimum absolute atomic E-state index is 0.0468. The van der Waals surface area contributed by atoms with Gasteiger partial charge in [0.1, 0.15) is 17.4 Å². The zero-order valence-electron chi connectivity index (χ0n) is 15.5. The Kier molecular flexibility index (Phi) is 6.16. The lowest BCUT2D eigenvalue weighted by molar-refractivity contribution is -0.153. The molecule has 1 saturated carbocycles. The lowest BCUT2D eigenvalue weighted by atomic mass is 9.97. The second-order valence-electron chi connectivity index (χ2n) is 7.11. The van der Waals surface area contributed by atoms with Gasteiger partial charge in [-0.1, -0.05) is 13.0 Å². The molecule has 150 valence electrons. The Bertz CT molecular complexity index is 788. The van der Waals surface area contributed by atoms with Gasteiger partial charge in [-0.15, -0.1) is 0 Å². The molecule has 0 spiro atoms. The number of ether oxygens (including phenoxy) is 1. The van der Waals surface area contributed by atoms with Crippen LogP contribution in [0, 0.1) is 0 Å². The summed E-state index contributed by atoms with van der Waals surface area (Å²) in [5.74, 6) is 0.777. The van der Waals surface area contributed by atoms with Crippen molar-refractivity contribution in [2.75, 3.05) is 11.9 Å². The molecule has 0 aromatic carbocycles. The molecule has 2 heterocycles. The van der Waals surface area contributed by atoms with Crippen LogP contribution >= 0.6 is 0 Å². The first-order valence-electron chi connectivity index (χ1n) is 9.17. The maximum Gasteiger partial charge on any atom is 0.422 e. The van der Waals surface area contributed by atoms with E-state index in [0.29, 0.717) is 11.7 Å². The number of nitrogens with zero attached hydrogens (tertiary/aromatic N) is 2. The first kappa shape index (κ1) is 20.1. The number of aromatic nitrogens is 2. The third-order valence-electron chi connectivity index (χ3n) is 4.36. The van der Waals surface area contributed by atoms with Gasteiger partial charge in [0, 0.05) is 36.7 Å². The molecule has 0 radical (unpaired) electrons. The van der Waals surface area contributed by atoms with Crippen LogP contribution in [0.25, 0.3) is 0 Å². The third kappa shape index (κ3) is 6.51. The van der Waals surface area contributed by atoms with E-state index < -0.39 is 12.8 Å². The number of Topliss-reactive ketones (excluding diaryl/α,β-unsaturated/α-hetero) is 1. The van der Waals surface area contributed by atoms with E-state index in [2.05, 4.69) is 20.0 Å². The lowest BCUT2D eigenvalue weighted by Gasteiger charge is -2.12. The number of hydrogen-bond donors (Lipinski definition) is 1. The van der Waals surface area contributed by atoms with Crippen molar-refractivity contribution in [2.24, 2.45) is 0 Å². The highest BCUT2D eigenvalue weighted by atomic mass is 19.4. The van der Waals surface area contributed by atoms with Crippen molar-refractivity contribution in [3.8, 4) is 5.75 Å². The Morgan fingerprint density at radius 1 is 1.21 bits per heavy atom. The molecule has 1 fully saturated rings. The number of halogens is 3. The molecule has 1 aliphatic rings. The Labute approximate surface area is 161 Å². The van der Waals surface area contributed by atoms with Gasteiger partial charge in [-0.05, 0) is 36.6 Å². The first-order valence-corrected chi connectivity index (χ1v) is 9.17. The smallest absolute Gasteiger partial charge is 0.422 e. The Balaban J connectivity index is 1.47. The zero-order chi connectivity index (χ0) is 20.1. The van der Waals surface area contributed by atoms with Gasteiger partial charge < -0.3 is 10.1 Å². The average Bonchev–Trinajstić information content (AvgIpc) is 3.45. The standard InChI is InChI=1S/C20H22F3N3O2/c1-13(18-6-5-17(11-24-18)28-12-20(21,22)23)8-16(27)9-14-2-7-19(25-10-14)26-15-3-4-15/h2,5-7,10-11,13,15H,3-4,8-9,12H2,1H3,(H,25,26)/t13-/m0/s1. The van der Waals surface area contributed by atoms with Crippen LogP contribution in [0.3, 0.4) is 0 Å². The fourth-order valence-corrected chi connectivity index (χ4v) is 2.73. The first-order chi connectivity index (χ1) is 13.3. The highest BCUT2D eigenvalue weighted by Crippen LogP contribution is 2.24. The molecule has 8 heteroatoms. The summed E-state index contributed by atoms with van der Waals surface area (Å²) in [6, 6.07) is 7.32. The van der Waals surface area contributed by atoms with Gasteiger partial charge in [0.2, 0.25) is 0 Å². The highest BCUT2D eigenvalue weighted by Gasteiger charge is 2.28. The van der Waals surface area contributed by atoms with Gasteiger partial charge in [0.05, 0.1) is 6.20 Å². The lowest BCUT2D eigenvalue weighted by Crippen LogP contribution is -2.19. The predicted molar refractivity (Wildman–Crippen MR) is 98.4 cm³/mol. The van der Waals surface area contributed by atoms with E-state index in [1.807, 2.05) is 19.1 Å². The maximum atomic E-state index is 12.3. The molecular weight excluding hydrogens is 371 g/mol. The van der Waals surface area contributed by atoms with Gasteiger partial charge in [0.25, 0.3) is 0 Å². The number of anilines is 1. The fraction of sp³-hybridized carbons (Fsp3) is 0.450. The summed E-state index contributed by atoms with van der Waals surface area (Å²) < 4.78 is 41.1. The van der Waals surface area contributed by atoms with Gasteiger partial charge in [-0.3, -0.25) is 9.78 Å². The van der Waals surface area contributed by atoms with Crippen molar-refractivity contribution in [1.29, 1.82) is 0 Å². The molecule has 28 heavy (non-hydrogen) atoms. The number of rotatable bonds is 9. The largest absolute Gasteiger partial charge is 0.483 e. The molecule has 1 atom stereocenters. The van der Waals surface area contributed by atoms with Crippen molar-refractivity contribution in [3.63, 3.8) is 0 Å². The Hall–Kier alpha value is -2.64. The fourth-order valence-electron chi connectivity index (χ4n) is 2.73. The van der Waals surface area contributed by atoms with Crippen LogP contribution in [0.2, 0.25) is 0 Å². The van der Waals surface area contributed by atoms with Crippen LogP contribution < -0.4 is 10.1 Å². The summed E-state index contributed by atoms with van der Waals surface area (Å²) in [5.41, 5.74) is 1.48. The van der Waals surface area contributed by atoms with E-state index in [4.69, 9.17) is 0 Å². The average molecular weight is 393 g/mol. The second kappa shape index (κ2) is 8.58. The quantitative estimate of drug-likeness (QED) is 0.688. The molecule has 0 amide bonds. The van der Waals surface area contributed by atoms with Crippen LogP contribution in [0.4, 0.5) is 19.0 Å². The highest BCUT2D eigenvalue weighted by molar-refractivity contribution is 5.81. The normalized spacial score (nSPS) is 15.1. The zero-order valence-corrected chi connectivity index (χ0v) is 15.5. The molecule has 1 aliphatic carbocycles. The minimum Gasteiger partial charge on any atom is -0.483 e. The molecule has 0 aliphatic heterocycles. The molecule has 2 aromatic rings. The van der Waals surface area contributed by atoms with E-state index in [1.54, 1.807) is 12.3 Å². The molecular formula is C20H22F3N3O2. The summed E-state index contributed by atoms with van der Waals surface area (Å²) in [6.07, 6.45) is 1.48. The summed E-state index contributed by atoms with van der Waals surface area (Å²) in [5, 5.41) is 3.29. The number of alkyl halides is 3. The van der Waals surface area contributed by atoms with Gasteiger partial charge in [0.15, 0.2) is 6.61 Å². The summed E-state index contributed by atoms with van der Waals surface area (Å²) in [6.45, 7) is 0.502. The van der Waals surface area contributed by atoms with Gasteiger partial charge >= 0.3 is 6.18 Å². The van der Waals surface area contributed by atoms with E-state index >= 15 is 0 Å². The monoisotopic (exact) mass is 393 g/mol. The third-order valence-corrected chi connectivity index (χ3v) is 4.36. The molecule has 3 rings (SSSR count). The van der Waals surface area contributed by atoms with Crippen molar-refractivity contribution in [3.05, 3.63) is 47.9 Å². The number of nitrogens with one attached hydrogen (secondary N) is 1. The Morgan fingerprint density at radius 3 is 2.57 bits per heavy atom. The Morgan fingerprint density at radius 2 is 2.00 bits per heavy atom. The number of pyridine rings is 2. The van der Waals surface area contributed by atoms with E-state index in [9.17, 15) is 18.0 Å². The van der Waals surface area contributed by atoms with Crippen molar-refractivity contribution >= 4 is 11.6 Å². The van der Waals surface area contributed by atoms with Gasteiger partial charge in [-0.25, -0.2) is 4.98 Å². The van der Waals surface area contributed by atoms with Crippen molar-refractivity contribution in [2.45, 2.75) is 50.7 Å². The molecule has 5 nitrogen and oxygen atoms in total. The summed E-state index contributed by atoms with van der Waals surface area (Å²) in [7, 11) is 0. The minimum atomic E-state index is -4.39. The predicted octanol–water partition coefficient (Wildman–Crippen LogP) is 4.30. The molecule has 0 bridgehead atoms. The molecule has 0 unspecified atom stereocenters. The summed E-state index contributed by atoms with van der Waals surface area (Å²) in [4.78, 5) is 20.8. The van der Waals surface area contributed by atoms with Crippen molar-refractivity contribution < 1.29 is 22.7 Å². The van der Waals surface area contributed by atoms with Crippen LogP contribution in [0.15, 0.2) is 36.7 Å². The number of ketones is 1. The van der Waals surface area contributed by atoms with Crippen LogP contribution in [0.5, 0.6) is 5.75 Å². The number of carbonyl (C=O) groups is 1. The number of hydrogen-bond acceptors (Lipinski definition) is 5. The molecule has 1 N–H and O–H groups in total. The summed E-state index contributed by atoms with van der Waals surface area (Å²) >= 11 is 0. The van der Waals surface area contributed by atoms with E-state index in [0.717, 1.165) is 11.4 Å². The van der Waals surface area contributed by atoms with Crippen LogP contribution in [0.1, 0.15) is 43.4 Å². The van der Waals surface area contributed by atoms with Crippen LogP contribution in [-0.4, -0.2) is 34.6 Å².